The first kappa shape index (κ1) is 13.7. The molecule has 0 aliphatic rings. The SMILES string of the molecule is N#Cc1cccc(Oc2ccccc2C(F)(F)F)c1N. The molecule has 2 N–H and O–H groups in total. The number of ether oxygens (including phenoxy) is 1. The highest BCUT2D eigenvalue weighted by molar-refractivity contribution is 5.64. The number of para-hydroxylation sites is 2. The average Bonchev–Trinajstić information content (AvgIpc) is 2.40. The van der Waals surface area contributed by atoms with Gasteiger partial charge in [-0.3, -0.25) is 0 Å². The van der Waals surface area contributed by atoms with Crippen LogP contribution in [-0.4, -0.2) is 0 Å². The quantitative estimate of drug-likeness (QED) is 0.846. The highest BCUT2D eigenvalue weighted by Crippen LogP contribution is 2.39. The Morgan fingerprint density at radius 1 is 1.00 bits per heavy atom. The molecule has 102 valence electrons. The summed E-state index contributed by atoms with van der Waals surface area (Å²) in [6.07, 6.45) is -4.53. The highest BCUT2D eigenvalue weighted by atomic mass is 19.4. The van der Waals surface area contributed by atoms with E-state index in [0.717, 1.165) is 6.07 Å². The number of nitriles is 1. The molecule has 0 aliphatic heterocycles. The number of hydrogen-bond acceptors (Lipinski definition) is 3. The predicted octanol–water partition coefficient (Wildman–Crippen LogP) is 3.95. The summed E-state index contributed by atoms with van der Waals surface area (Å²) in [5, 5.41) is 8.83. The van der Waals surface area contributed by atoms with Gasteiger partial charge in [-0.25, -0.2) is 0 Å². The molecule has 0 aromatic heterocycles. The molecule has 20 heavy (non-hydrogen) atoms. The zero-order chi connectivity index (χ0) is 14.8. The number of nitrogens with zero attached hydrogens (tertiary/aromatic N) is 1. The van der Waals surface area contributed by atoms with Gasteiger partial charge in [0.25, 0.3) is 0 Å². The maximum Gasteiger partial charge on any atom is 0.419 e. The number of anilines is 1. The Morgan fingerprint density at radius 3 is 2.30 bits per heavy atom. The van der Waals surface area contributed by atoms with Crippen molar-refractivity contribution >= 4 is 5.69 Å². The fourth-order valence-electron chi connectivity index (χ4n) is 1.64. The fourth-order valence-corrected chi connectivity index (χ4v) is 1.64. The van der Waals surface area contributed by atoms with Crippen LogP contribution in [-0.2, 0) is 6.18 Å². The molecule has 0 saturated carbocycles. The van der Waals surface area contributed by atoms with Crippen molar-refractivity contribution in [1.82, 2.24) is 0 Å². The van der Waals surface area contributed by atoms with Crippen LogP contribution in [0.5, 0.6) is 11.5 Å². The van der Waals surface area contributed by atoms with E-state index in [1.54, 1.807) is 0 Å². The van der Waals surface area contributed by atoms with Crippen molar-refractivity contribution in [2.75, 3.05) is 5.73 Å². The van der Waals surface area contributed by atoms with Crippen LogP contribution in [0.15, 0.2) is 42.5 Å². The number of hydrogen-bond donors (Lipinski definition) is 1. The van der Waals surface area contributed by atoms with Gasteiger partial charge >= 0.3 is 6.18 Å². The van der Waals surface area contributed by atoms with E-state index in [4.69, 9.17) is 15.7 Å². The summed E-state index contributed by atoms with van der Waals surface area (Å²) in [4.78, 5) is 0. The molecule has 6 heteroatoms. The third-order valence-corrected chi connectivity index (χ3v) is 2.60. The average molecular weight is 278 g/mol. The van der Waals surface area contributed by atoms with Gasteiger partial charge in [0.1, 0.15) is 11.8 Å². The Morgan fingerprint density at radius 2 is 1.65 bits per heavy atom. The Kier molecular flexibility index (Phi) is 3.53. The van der Waals surface area contributed by atoms with Crippen molar-refractivity contribution in [2.24, 2.45) is 0 Å². The minimum absolute atomic E-state index is 0.00646. The minimum atomic E-state index is -4.53. The first-order chi connectivity index (χ1) is 9.43. The summed E-state index contributed by atoms with van der Waals surface area (Å²) in [5.74, 6) is -0.345. The van der Waals surface area contributed by atoms with E-state index in [-0.39, 0.29) is 22.7 Å². The molecule has 2 rings (SSSR count). The van der Waals surface area contributed by atoms with E-state index in [0.29, 0.717) is 0 Å². The number of halogens is 3. The van der Waals surface area contributed by atoms with Crippen LogP contribution in [0.1, 0.15) is 11.1 Å². The molecule has 2 aromatic rings. The van der Waals surface area contributed by atoms with E-state index in [1.807, 2.05) is 6.07 Å². The van der Waals surface area contributed by atoms with Crippen molar-refractivity contribution in [3.63, 3.8) is 0 Å². The first-order valence-electron chi connectivity index (χ1n) is 5.56. The van der Waals surface area contributed by atoms with Crippen molar-refractivity contribution in [3.05, 3.63) is 53.6 Å². The molecule has 0 bridgehead atoms. The lowest BCUT2D eigenvalue weighted by Crippen LogP contribution is -2.07. The van der Waals surface area contributed by atoms with Crippen molar-refractivity contribution in [2.45, 2.75) is 6.18 Å². The summed E-state index contributed by atoms with van der Waals surface area (Å²) < 4.78 is 43.7. The molecule has 0 aliphatic carbocycles. The summed E-state index contributed by atoms with van der Waals surface area (Å²) in [6.45, 7) is 0. The third kappa shape index (κ3) is 2.67. The zero-order valence-electron chi connectivity index (χ0n) is 10.1. The summed E-state index contributed by atoms with van der Waals surface area (Å²) in [7, 11) is 0. The van der Waals surface area contributed by atoms with Crippen molar-refractivity contribution < 1.29 is 17.9 Å². The zero-order valence-corrected chi connectivity index (χ0v) is 10.1. The van der Waals surface area contributed by atoms with Gasteiger partial charge in [-0.15, -0.1) is 0 Å². The Labute approximate surface area is 113 Å². The Balaban J connectivity index is 2.44. The third-order valence-electron chi connectivity index (χ3n) is 2.60. The molecular weight excluding hydrogens is 269 g/mol. The number of alkyl halides is 3. The van der Waals surface area contributed by atoms with Crippen LogP contribution in [0.3, 0.4) is 0 Å². The Bertz CT molecular complexity index is 675. The molecule has 0 spiro atoms. The smallest absolute Gasteiger partial charge is 0.419 e. The molecule has 0 fully saturated rings. The van der Waals surface area contributed by atoms with Crippen LogP contribution >= 0.6 is 0 Å². The van der Waals surface area contributed by atoms with Gasteiger partial charge in [0.15, 0.2) is 5.75 Å². The molecule has 0 heterocycles. The molecule has 0 radical (unpaired) electrons. The lowest BCUT2D eigenvalue weighted by molar-refractivity contribution is -0.138. The standard InChI is InChI=1S/C14H9F3N2O/c15-14(16,17)10-5-1-2-6-11(10)20-12-7-3-4-9(8-18)13(12)19/h1-7H,19H2. The van der Waals surface area contributed by atoms with Crippen LogP contribution in [0.2, 0.25) is 0 Å². The van der Waals surface area contributed by atoms with E-state index >= 15 is 0 Å². The van der Waals surface area contributed by atoms with Crippen LogP contribution in [0.4, 0.5) is 18.9 Å². The van der Waals surface area contributed by atoms with Gasteiger partial charge in [-0.1, -0.05) is 18.2 Å². The molecule has 2 aromatic carbocycles. The Hall–Kier alpha value is -2.68. The van der Waals surface area contributed by atoms with E-state index in [2.05, 4.69) is 0 Å². The largest absolute Gasteiger partial charge is 0.455 e. The van der Waals surface area contributed by atoms with Gasteiger partial charge in [0.05, 0.1) is 16.8 Å². The maximum absolute atomic E-state index is 12.8. The van der Waals surface area contributed by atoms with Crippen LogP contribution in [0.25, 0.3) is 0 Å². The monoisotopic (exact) mass is 278 g/mol. The number of benzene rings is 2. The predicted molar refractivity (Wildman–Crippen MR) is 67.1 cm³/mol. The first-order valence-corrected chi connectivity index (χ1v) is 5.56. The van der Waals surface area contributed by atoms with Crippen molar-refractivity contribution in [1.29, 1.82) is 5.26 Å². The lowest BCUT2D eigenvalue weighted by Gasteiger charge is -2.14. The molecule has 0 unspecified atom stereocenters. The van der Waals surface area contributed by atoms with Gasteiger partial charge in [-0.05, 0) is 24.3 Å². The molecule has 3 nitrogen and oxygen atoms in total. The molecule has 0 saturated heterocycles. The normalized spacial score (nSPS) is 10.9. The fraction of sp³-hybridized carbons (Fsp3) is 0.0714. The summed E-state index contributed by atoms with van der Waals surface area (Å²) in [5.41, 5.74) is 4.92. The highest BCUT2D eigenvalue weighted by Gasteiger charge is 2.34. The van der Waals surface area contributed by atoms with E-state index in [9.17, 15) is 13.2 Å². The molecule has 0 atom stereocenters. The second-order valence-electron chi connectivity index (χ2n) is 3.93. The maximum atomic E-state index is 12.8. The van der Waals surface area contributed by atoms with Crippen LogP contribution in [0, 0.1) is 11.3 Å². The second-order valence-corrected chi connectivity index (χ2v) is 3.93. The van der Waals surface area contributed by atoms with Gasteiger partial charge in [-0.2, -0.15) is 18.4 Å². The van der Waals surface area contributed by atoms with Gasteiger partial charge in [0, 0.05) is 0 Å². The van der Waals surface area contributed by atoms with E-state index in [1.165, 1.54) is 36.4 Å². The second kappa shape index (κ2) is 5.13. The van der Waals surface area contributed by atoms with Gasteiger partial charge in [0.2, 0.25) is 0 Å². The number of nitrogens with two attached hydrogens (primary N) is 1. The van der Waals surface area contributed by atoms with Crippen LogP contribution < -0.4 is 10.5 Å². The topological polar surface area (TPSA) is 59.0 Å². The molecular formula is C14H9F3N2O. The minimum Gasteiger partial charge on any atom is -0.455 e. The number of rotatable bonds is 2. The summed E-state index contributed by atoms with van der Waals surface area (Å²) in [6, 6.07) is 11.0. The van der Waals surface area contributed by atoms with Crippen molar-refractivity contribution in [3.8, 4) is 17.6 Å². The molecule has 0 amide bonds. The van der Waals surface area contributed by atoms with Gasteiger partial charge < -0.3 is 10.5 Å². The summed E-state index contributed by atoms with van der Waals surface area (Å²) >= 11 is 0. The lowest BCUT2D eigenvalue weighted by atomic mass is 10.1. The van der Waals surface area contributed by atoms with E-state index < -0.39 is 11.7 Å². The number of nitrogen functional groups attached to an aromatic ring is 1.